The second-order valence-electron chi connectivity index (χ2n) is 5.02. The fourth-order valence-corrected chi connectivity index (χ4v) is 2.32. The standard InChI is InChI=1S/C18H23N3O3.HI/c1-22-14-11-16(23-2)15(17(12-14)24-3)9-10-20-18(19)21-13-7-5-4-6-8-13;/h4-8,11-12H,9-10H2,1-3H3,(H3,19,20,21);1H. The maximum absolute atomic E-state index is 5.91. The van der Waals surface area contributed by atoms with Gasteiger partial charge in [-0.15, -0.1) is 24.0 Å². The molecule has 25 heavy (non-hydrogen) atoms. The van der Waals surface area contributed by atoms with Crippen molar-refractivity contribution in [3.63, 3.8) is 0 Å². The zero-order valence-corrected chi connectivity index (χ0v) is 16.9. The molecule has 2 aromatic carbocycles. The van der Waals surface area contributed by atoms with Crippen LogP contribution in [0.15, 0.2) is 47.5 Å². The minimum absolute atomic E-state index is 0. The molecular formula is C18H24IN3O3. The van der Waals surface area contributed by atoms with Crippen molar-refractivity contribution in [3.05, 3.63) is 48.0 Å². The summed E-state index contributed by atoms with van der Waals surface area (Å²) in [4.78, 5) is 4.35. The van der Waals surface area contributed by atoms with Gasteiger partial charge in [-0.1, -0.05) is 18.2 Å². The number of rotatable bonds is 7. The van der Waals surface area contributed by atoms with Crippen molar-refractivity contribution in [2.24, 2.45) is 10.7 Å². The summed E-state index contributed by atoms with van der Waals surface area (Å²) in [5.41, 5.74) is 7.74. The molecule has 0 unspecified atom stereocenters. The van der Waals surface area contributed by atoms with E-state index in [1.165, 1.54) is 0 Å². The van der Waals surface area contributed by atoms with Crippen LogP contribution < -0.4 is 25.3 Å². The van der Waals surface area contributed by atoms with Crippen molar-refractivity contribution in [2.75, 3.05) is 33.2 Å². The number of hydrogen-bond acceptors (Lipinski definition) is 4. The number of anilines is 1. The van der Waals surface area contributed by atoms with Gasteiger partial charge in [-0.05, 0) is 18.6 Å². The molecule has 0 aliphatic heterocycles. The molecule has 0 amide bonds. The number of aliphatic imine (C=N–C) groups is 1. The van der Waals surface area contributed by atoms with Crippen LogP contribution in [0.2, 0.25) is 0 Å². The Labute approximate surface area is 165 Å². The lowest BCUT2D eigenvalue weighted by atomic mass is 10.1. The molecule has 0 aliphatic rings. The highest BCUT2D eigenvalue weighted by molar-refractivity contribution is 14.0. The van der Waals surface area contributed by atoms with Crippen LogP contribution >= 0.6 is 24.0 Å². The van der Waals surface area contributed by atoms with Crippen molar-refractivity contribution in [1.82, 2.24) is 0 Å². The van der Waals surface area contributed by atoms with E-state index in [-0.39, 0.29) is 24.0 Å². The van der Waals surface area contributed by atoms with Crippen molar-refractivity contribution in [3.8, 4) is 17.2 Å². The molecule has 0 radical (unpaired) electrons. The van der Waals surface area contributed by atoms with Gasteiger partial charge in [0.25, 0.3) is 0 Å². The zero-order valence-electron chi connectivity index (χ0n) is 14.6. The van der Waals surface area contributed by atoms with Crippen LogP contribution in [0.1, 0.15) is 5.56 Å². The maximum Gasteiger partial charge on any atom is 0.193 e. The average molecular weight is 457 g/mol. The van der Waals surface area contributed by atoms with E-state index in [9.17, 15) is 0 Å². The highest BCUT2D eigenvalue weighted by atomic mass is 127. The Kier molecular flexibility index (Phi) is 8.90. The Morgan fingerprint density at radius 2 is 1.60 bits per heavy atom. The van der Waals surface area contributed by atoms with E-state index in [0.717, 1.165) is 11.3 Å². The number of ether oxygens (including phenoxy) is 3. The molecule has 0 aliphatic carbocycles. The summed E-state index contributed by atoms with van der Waals surface area (Å²) in [7, 11) is 4.84. The van der Waals surface area contributed by atoms with E-state index >= 15 is 0 Å². The third-order valence-corrected chi connectivity index (χ3v) is 3.51. The first-order valence-corrected chi connectivity index (χ1v) is 7.58. The van der Waals surface area contributed by atoms with Gasteiger partial charge in [-0.3, -0.25) is 4.99 Å². The molecule has 136 valence electrons. The second-order valence-corrected chi connectivity index (χ2v) is 5.02. The molecule has 7 heteroatoms. The molecule has 0 fully saturated rings. The average Bonchev–Trinajstić information content (AvgIpc) is 2.62. The van der Waals surface area contributed by atoms with Gasteiger partial charge in [0.15, 0.2) is 5.96 Å². The van der Waals surface area contributed by atoms with E-state index in [2.05, 4.69) is 10.3 Å². The van der Waals surface area contributed by atoms with Gasteiger partial charge in [0, 0.05) is 29.9 Å². The van der Waals surface area contributed by atoms with Crippen molar-refractivity contribution in [2.45, 2.75) is 6.42 Å². The minimum Gasteiger partial charge on any atom is -0.496 e. The number of para-hydroxylation sites is 1. The summed E-state index contributed by atoms with van der Waals surface area (Å²) in [5.74, 6) is 2.46. The third kappa shape index (κ3) is 6.00. The van der Waals surface area contributed by atoms with Crippen LogP contribution in [0.4, 0.5) is 5.69 Å². The molecule has 0 bridgehead atoms. The van der Waals surface area contributed by atoms with E-state index in [4.69, 9.17) is 19.9 Å². The Bertz CT molecular complexity index is 668. The van der Waals surface area contributed by atoms with E-state index in [0.29, 0.717) is 36.2 Å². The molecule has 6 nitrogen and oxygen atoms in total. The molecule has 0 saturated carbocycles. The molecule has 3 N–H and O–H groups in total. The number of benzene rings is 2. The SMILES string of the molecule is COc1cc(OC)c(CCN=C(N)Nc2ccccc2)c(OC)c1.I. The number of methoxy groups -OCH3 is 3. The number of nitrogens with one attached hydrogen (secondary N) is 1. The van der Waals surface area contributed by atoms with Gasteiger partial charge >= 0.3 is 0 Å². The number of nitrogens with two attached hydrogens (primary N) is 1. The van der Waals surface area contributed by atoms with E-state index in [1.807, 2.05) is 42.5 Å². The molecule has 0 saturated heterocycles. The Morgan fingerprint density at radius 1 is 1.00 bits per heavy atom. The summed E-state index contributed by atoms with van der Waals surface area (Å²) in [5, 5.41) is 3.05. The molecule has 0 aromatic heterocycles. The number of hydrogen-bond donors (Lipinski definition) is 2. The van der Waals surface area contributed by atoms with Crippen LogP contribution in [-0.4, -0.2) is 33.8 Å². The molecular weight excluding hydrogens is 433 g/mol. The molecule has 2 aromatic rings. The monoisotopic (exact) mass is 457 g/mol. The van der Waals surface area contributed by atoms with Crippen molar-refractivity contribution < 1.29 is 14.2 Å². The fourth-order valence-electron chi connectivity index (χ4n) is 2.32. The number of guanidine groups is 1. The van der Waals surface area contributed by atoms with Gasteiger partial charge in [0.05, 0.1) is 21.3 Å². The van der Waals surface area contributed by atoms with Crippen LogP contribution in [0.5, 0.6) is 17.2 Å². The topological polar surface area (TPSA) is 78.1 Å². The largest absolute Gasteiger partial charge is 0.496 e. The van der Waals surface area contributed by atoms with Gasteiger partial charge in [0.1, 0.15) is 17.2 Å². The van der Waals surface area contributed by atoms with Gasteiger partial charge in [-0.25, -0.2) is 0 Å². The predicted molar refractivity (Wildman–Crippen MR) is 112 cm³/mol. The van der Waals surface area contributed by atoms with Gasteiger partial charge < -0.3 is 25.3 Å². The lowest BCUT2D eigenvalue weighted by Crippen LogP contribution is -2.23. The van der Waals surface area contributed by atoms with Crippen molar-refractivity contribution >= 4 is 35.6 Å². The smallest absolute Gasteiger partial charge is 0.193 e. The van der Waals surface area contributed by atoms with Crippen LogP contribution in [0.3, 0.4) is 0 Å². The first-order chi connectivity index (χ1) is 11.7. The fraction of sp³-hybridized carbons (Fsp3) is 0.278. The molecule has 0 atom stereocenters. The zero-order chi connectivity index (χ0) is 17.4. The molecule has 0 heterocycles. The third-order valence-electron chi connectivity index (χ3n) is 3.51. The van der Waals surface area contributed by atoms with E-state index in [1.54, 1.807) is 21.3 Å². The second kappa shape index (κ2) is 10.7. The summed E-state index contributed by atoms with van der Waals surface area (Å²) in [6, 6.07) is 13.3. The van der Waals surface area contributed by atoms with Gasteiger partial charge in [-0.2, -0.15) is 0 Å². The van der Waals surface area contributed by atoms with Gasteiger partial charge in [0.2, 0.25) is 0 Å². The Morgan fingerprint density at radius 3 is 2.12 bits per heavy atom. The summed E-state index contributed by atoms with van der Waals surface area (Å²) in [6.07, 6.45) is 0.632. The predicted octanol–water partition coefficient (Wildman–Crippen LogP) is 3.30. The highest BCUT2D eigenvalue weighted by Crippen LogP contribution is 2.34. The first-order valence-electron chi connectivity index (χ1n) is 7.58. The lowest BCUT2D eigenvalue weighted by Gasteiger charge is -2.14. The first kappa shape index (κ1) is 20.9. The summed E-state index contributed by atoms with van der Waals surface area (Å²) < 4.78 is 16.1. The van der Waals surface area contributed by atoms with Crippen LogP contribution in [0, 0.1) is 0 Å². The lowest BCUT2D eigenvalue weighted by molar-refractivity contribution is 0.369. The van der Waals surface area contributed by atoms with Crippen LogP contribution in [0.25, 0.3) is 0 Å². The maximum atomic E-state index is 5.91. The summed E-state index contributed by atoms with van der Waals surface area (Å²) in [6.45, 7) is 0.505. The summed E-state index contributed by atoms with van der Waals surface area (Å²) >= 11 is 0. The molecule has 0 spiro atoms. The normalized spacial score (nSPS) is 10.6. The van der Waals surface area contributed by atoms with E-state index < -0.39 is 0 Å². The quantitative estimate of drug-likeness (QED) is 0.379. The minimum atomic E-state index is 0. The number of nitrogens with zero attached hydrogens (tertiary/aromatic N) is 1. The van der Waals surface area contributed by atoms with Crippen molar-refractivity contribution in [1.29, 1.82) is 0 Å². The number of halogens is 1. The van der Waals surface area contributed by atoms with Crippen LogP contribution in [-0.2, 0) is 6.42 Å². The Hall–Kier alpha value is -2.16. The Balaban J connectivity index is 0.00000312. The molecule has 2 rings (SSSR count). The highest BCUT2D eigenvalue weighted by Gasteiger charge is 2.12.